The van der Waals surface area contributed by atoms with Gasteiger partial charge in [0, 0.05) is 16.6 Å². The van der Waals surface area contributed by atoms with Crippen LogP contribution in [0.5, 0.6) is 0 Å². The molecule has 0 saturated carbocycles. The molecule has 0 aliphatic heterocycles. The predicted molar refractivity (Wildman–Crippen MR) is 73.0 cm³/mol. The van der Waals surface area contributed by atoms with Crippen molar-refractivity contribution >= 4 is 35.0 Å². The molecule has 20 heavy (non-hydrogen) atoms. The summed E-state index contributed by atoms with van der Waals surface area (Å²) in [6.07, 6.45) is 0. The molecule has 0 atom stereocenters. The second-order valence-corrected chi connectivity index (χ2v) is 4.66. The normalized spacial score (nSPS) is 10.3. The first-order valence-electron chi connectivity index (χ1n) is 5.43. The first-order valence-corrected chi connectivity index (χ1v) is 6.19. The number of rotatable bonds is 4. The third-order valence-corrected chi connectivity index (χ3v) is 3.04. The zero-order valence-electron chi connectivity index (χ0n) is 9.93. The van der Waals surface area contributed by atoms with Crippen LogP contribution in [0.1, 0.15) is 16.1 Å². The fourth-order valence-electron chi connectivity index (χ4n) is 1.48. The summed E-state index contributed by atoms with van der Waals surface area (Å²) in [5.74, 6) is -1.19. The summed E-state index contributed by atoms with van der Waals surface area (Å²) in [4.78, 5) is 21.5. The van der Waals surface area contributed by atoms with Crippen LogP contribution < -0.4 is 5.32 Å². The van der Waals surface area contributed by atoms with Gasteiger partial charge in [0.15, 0.2) is 5.76 Å². The average Bonchev–Trinajstić information content (AvgIpc) is 2.87. The molecular formula is C12H8Cl2N2O4. The summed E-state index contributed by atoms with van der Waals surface area (Å²) in [6.45, 7) is 0.156. The summed E-state index contributed by atoms with van der Waals surface area (Å²) in [7, 11) is 0. The first kappa shape index (κ1) is 14.4. The van der Waals surface area contributed by atoms with Crippen molar-refractivity contribution in [3.05, 3.63) is 61.8 Å². The van der Waals surface area contributed by atoms with Crippen LogP contribution in [-0.4, -0.2) is 10.8 Å². The fraction of sp³-hybridized carbons (Fsp3) is 0.0833. The molecule has 1 heterocycles. The Kier molecular flexibility index (Phi) is 4.26. The van der Waals surface area contributed by atoms with Crippen LogP contribution in [0.25, 0.3) is 0 Å². The molecule has 0 unspecified atom stereocenters. The molecule has 0 bridgehead atoms. The topological polar surface area (TPSA) is 85.4 Å². The number of benzene rings is 1. The largest absolute Gasteiger partial charge is 0.433 e. The Balaban J connectivity index is 2.02. The van der Waals surface area contributed by atoms with Gasteiger partial charge in [-0.1, -0.05) is 29.3 Å². The van der Waals surface area contributed by atoms with Gasteiger partial charge in [-0.2, -0.15) is 0 Å². The second-order valence-electron chi connectivity index (χ2n) is 3.81. The lowest BCUT2D eigenvalue weighted by Crippen LogP contribution is -2.22. The van der Waals surface area contributed by atoms with Crippen LogP contribution in [0.3, 0.4) is 0 Å². The Morgan fingerprint density at radius 2 is 2.05 bits per heavy atom. The van der Waals surface area contributed by atoms with Crippen molar-refractivity contribution in [1.29, 1.82) is 0 Å². The first-order chi connectivity index (χ1) is 9.47. The standard InChI is InChI=1S/C12H8Cl2N2O4/c13-8-2-1-7(9(14)5-8)6-15-12(17)10-3-4-11(20-10)16(18)19/h1-5H,6H2,(H,15,17). The number of nitro groups is 1. The van der Waals surface area contributed by atoms with E-state index in [1.165, 1.54) is 6.07 Å². The van der Waals surface area contributed by atoms with E-state index in [2.05, 4.69) is 5.32 Å². The minimum absolute atomic E-state index is 0.137. The molecule has 0 aliphatic rings. The minimum Gasteiger partial charge on any atom is -0.395 e. The molecule has 6 nitrogen and oxygen atoms in total. The zero-order valence-corrected chi connectivity index (χ0v) is 11.4. The Morgan fingerprint density at radius 1 is 1.30 bits per heavy atom. The number of halogens is 2. The fourth-order valence-corrected chi connectivity index (χ4v) is 1.95. The summed E-state index contributed by atoms with van der Waals surface area (Å²) < 4.78 is 4.78. The molecule has 1 N–H and O–H groups in total. The summed E-state index contributed by atoms with van der Waals surface area (Å²) >= 11 is 11.7. The van der Waals surface area contributed by atoms with Gasteiger partial charge in [0.25, 0.3) is 5.91 Å². The van der Waals surface area contributed by atoms with Crippen molar-refractivity contribution in [2.24, 2.45) is 0 Å². The molecular weight excluding hydrogens is 307 g/mol. The van der Waals surface area contributed by atoms with Crippen molar-refractivity contribution in [3.63, 3.8) is 0 Å². The number of nitrogens with zero attached hydrogens (tertiary/aromatic N) is 1. The van der Waals surface area contributed by atoms with E-state index in [4.69, 9.17) is 27.6 Å². The molecule has 1 aromatic heterocycles. The molecule has 0 fully saturated rings. The molecule has 1 amide bonds. The van der Waals surface area contributed by atoms with Crippen molar-refractivity contribution in [2.45, 2.75) is 6.54 Å². The molecule has 8 heteroatoms. The van der Waals surface area contributed by atoms with Crippen LogP contribution in [-0.2, 0) is 6.54 Å². The monoisotopic (exact) mass is 314 g/mol. The summed E-state index contributed by atoms with van der Waals surface area (Å²) in [6, 6.07) is 7.23. The maximum atomic E-state index is 11.7. The Morgan fingerprint density at radius 3 is 2.65 bits per heavy atom. The van der Waals surface area contributed by atoms with E-state index < -0.39 is 16.7 Å². The Labute approximate surface area is 123 Å². The number of hydrogen-bond donors (Lipinski definition) is 1. The summed E-state index contributed by atoms with van der Waals surface area (Å²) in [5, 5.41) is 13.9. The van der Waals surface area contributed by atoms with Crippen LogP contribution >= 0.6 is 23.2 Å². The van der Waals surface area contributed by atoms with Gasteiger partial charge in [-0.25, -0.2) is 0 Å². The van der Waals surface area contributed by atoms with Crippen LogP contribution in [0, 0.1) is 10.1 Å². The molecule has 0 saturated heterocycles. The Hall–Kier alpha value is -2.05. The van der Waals surface area contributed by atoms with E-state index in [0.29, 0.717) is 15.6 Å². The van der Waals surface area contributed by atoms with Gasteiger partial charge < -0.3 is 9.73 Å². The second kappa shape index (κ2) is 5.94. The summed E-state index contributed by atoms with van der Waals surface area (Å²) in [5.41, 5.74) is 0.672. The number of furan rings is 1. The number of carbonyl (C=O) groups is 1. The lowest BCUT2D eigenvalue weighted by Gasteiger charge is -2.05. The third-order valence-electron chi connectivity index (χ3n) is 2.45. The van der Waals surface area contributed by atoms with E-state index >= 15 is 0 Å². The van der Waals surface area contributed by atoms with E-state index in [-0.39, 0.29) is 12.3 Å². The number of nitrogens with one attached hydrogen (secondary N) is 1. The lowest BCUT2D eigenvalue weighted by atomic mass is 10.2. The highest BCUT2D eigenvalue weighted by molar-refractivity contribution is 6.35. The van der Waals surface area contributed by atoms with Gasteiger partial charge in [-0.05, 0) is 23.8 Å². The van der Waals surface area contributed by atoms with Crippen LogP contribution in [0.4, 0.5) is 5.88 Å². The molecule has 0 aliphatic carbocycles. The number of carbonyl (C=O) groups excluding carboxylic acids is 1. The van der Waals surface area contributed by atoms with Crippen LogP contribution in [0.15, 0.2) is 34.7 Å². The maximum absolute atomic E-state index is 11.7. The Bertz CT molecular complexity index is 669. The highest BCUT2D eigenvalue weighted by Crippen LogP contribution is 2.21. The van der Waals surface area contributed by atoms with Crippen molar-refractivity contribution in [1.82, 2.24) is 5.32 Å². The van der Waals surface area contributed by atoms with E-state index in [0.717, 1.165) is 6.07 Å². The van der Waals surface area contributed by atoms with Crippen molar-refractivity contribution in [2.75, 3.05) is 0 Å². The van der Waals surface area contributed by atoms with Gasteiger partial charge in [0.1, 0.15) is 4.92 Å². The van der Waals surface area contributed by atoms with Gasteiger partial charge in [-0.3, -0.25) is 14.9 Å². The zero-order chi connectivity index (χ0) is 14.7. The van der Waals surface area contributed by atoms with Gasteiger partial charge >= 0.3 is 5.88 Å². The minimum atomic E-state index is -0.715. The van der Waals surface area contributed by atoms with Crippen molar-refractivity contribution in [3.8, 4) is 0 Å². The molecule has 1 aromatic carbocycles. The highest BCUT2D eigenvalue weighted by Gasteiger charge is 2.17. The molecule has 0 radical (unpaired) electrons. The van der Waals surface area contributed by atoms with Crippen LogP contribution in [0.2, 0.25) is 10.0 Å². The number of amides is 1. The van der Waals surface area contributed by atoms with Gasteiger partial charge in [-0.15, -0.1) is 0 Å². The quantitative estimate of drug-likeness (QED) is 0.692. The van der Waals surface area contributed by atoms with Crippen molar-refractivity contribution < 1.29 is 14.1 Å². The average molecular weight is 315 g/mol. The highest BCUT2D eigenvalue weighted by atomic mass is 35.5. The smallest absolute Gasteiger partial charge is 0.395 e. The van der Waals surface area contributed by atoms with Gasteiger partial charge in [0.05, 0.1) is 6.07 Å². The number of hydrogen-bond acceptors (Lipinski definition) is 4. The van der Waals surface area contributed by atoms with E-state index in [1.54, 1.807) is 18.2 Å². The predicted octanol–water partition coefficient (Wildman–Crippen LogP) is 3.42. The maximum Gasteiger partial charge on any atom is 0.433 e. The van der Waals surface area contributed by atoms with E-state index in [1.807, 2.05) is 0 Å². The lowest BCUT2D eigenvalue weighted by molar-refractivity contribution is -0.402. The molecule has 0 spiro atoms. The molecule has 2 aromatic rings. The molecule has 104 valence electrons. The van der Waals surface area contributed by atoms with Gasteiger partial charge in [0.2, 0.25) is 0 Å². The van der Waals surface area contributed by atoms with E-state index in [9.17, 15) is 14.9 Å². The third kappa shape index (κ3) is 3.28. The molecule has 2 rings (SSSR count). The SMILES string of the molecule is O=C(NCc1ccc(Cl)cc1Cl)c1ccc([N+](=O)[O-])o1.